The number of hydrogen-bond donors (Lipinski definition) is 1. The molecule has 0 aromatic rings. The van der Waals surface area contributed by atoms with E-state index in [-0.39, 0.29) is 35.4 Å². The first kappa shape index (κ1) is 18.7. The molecule has 26 heavy (non-hydrogen) atoms. The monoisotopic (exact) mass is 363 g/mol. The minimum Gasteiger partial charge on any atom is -0.386 e. The molecule has 146 valence electrons. The minimum absolute atomic E-state index is 0.0723. The second-order valence-electron chi connectivity index (χ2n) is 9.95. The number of fused-ring (bicyclic) bond motifs is 2. The molecule has 0 aromatic carbocycles. The predicted octanol–water partition coefficient (Wildman–Crippen LogP) is 3.40. The van der Waals surface area contributed by atoms with E-state index in [0.717, 1.165) is 32.1 Å². The molecular weight excluding hydrogens is 330 g/mol. The summed E-state index contributed by atoms with van der Waals surface area (Å²) >= 11 is 0. The Bertz CT molecular complexity index is 616. The van der Waals surface area contributed by atoms with Crippen molar-refractivity contribution in [3.05, 3.63) is 0 Å². The maximum Gasteiger partial charge on any atom is 0.146 e. The highest BCUT2D eigenvalue weighted by Gasteiger charge is 2.81. The van der Waals surface area contributed by atoms with Gasteiger partial charge in [-0.2, -0.15) is 5.26 Å². The van der Waals surface area contributed by atoms with Crippen LogP contribution in [0.5, 0.6) is 0 Å². The largest absolute Gasteiger partial charge is 0.386 e. The zero-order chi connectivity index (χ0) is 18.8. The van der Waals surface area contributed by atoms with Crippen molar-refractivity contribution >= 4 is 0 Å². The lowest BCUT2D eigenvalue weighted by Gasteiger charge is -2.63. The van der Waals surface area contributed by atoms with Gasteiger partial charge >= 0.3 is 0 Å². The summed E-state index contributed by atoms with van der Waals surface area (Å²) in [4.78, 5) is 0. The van der Waals surface area contributed by atoms with Crippen LogP contribution in [0.25, 0.3) is 0 Å². The highest BCUT2D eigenvalue weighted by molar-refractivity contribution is 5.29. The van der Waals surface area contributed by atoms with Gasteiger partial charge in [-0.05, 0) is 43.4 Å². The third-order valence-corrected chi connectivity index (χ3v) is 8.48. The topological polar surface area (TPSA) is 75.0 Å². The lowest BCUT2D eigenvalue weighted by atomic mass is 9.42. The molecule has 1 unspecified atom stereocenters. The fourth-order valence-corrected chi connectivity index (χ4v) is 7.33. The molecule has 4 rings (SSSR count). The Morgan fingerprint density at radius 3 is 2.65 bits per heavy atom. The van der Waals surface area contributed by atoms with Gasteiger partial charge in [-0.25, -0.2) is 0 Å². The Morgan fingerprint density at radius 1 is 1.19 bits per heavy atom. The van der Waals surface area contributed by atoms with E-state index in [4.69, 9.17) is 14.2 Å². The molecule has 3 saturated carbocycles. The van der Waals surface area contributed by atoms with E-state index in [9.17, 15) is 10.4 Å². The van der Waals surface area contributed by atoms with Gasteiger partial charge in [0.15, 0.2) is 0 Å². The number of nitriles is 1. The Hall–Kier alpha value is -0.670. The van der Waals surface area contributed by atoms with E-state index < -0.39 is 11.2 Å². The van der Waals surface area contributed by atoms with Crippen molar-refractivity contribution in [1.29, 1.82) is 5.26 Å². The fraction of sp³-hybridized carbons (Fsp3) is 0.952. The average Bonchev–Trinajstić information content (AvgIpc) is 3.30. The molecule has 1 saturated heterocycles. The van der Waals surface area contributed by atoms with E-state index >= 15 is 0 Å². The second kappa shape index (κ2) is 5.91. The molecule has 4 fully saturated rings. The van der Waals surface area contributed by atoms with Crippen LogP contribution >= 0.6 is 0 Å². The lowest BCUT2D eigenvalue weighted by molar-refractivity contribution is -0.229. The Balaban J connectivity index is 1.76. The number of aliphatic hydroxyl groups is 1. The molecule has 0 amide bonds. The molecule has 0 bridgehead atoms. The third kappa shape index (κ3) is 2.22. The zero-order valence-corrected chi connectivity index (χ0v) is 16.6. The summed E-state index contributed by atoms with van der Waals surface area (Å²) in [7, 11) is 1.67. The standard InChI is InChI=1S/C21H33NO4/c1-18(2)9-7-16(25-13-24-4)19(3)14-6-5-8-20(23,10-11-22)21(14)17(26-21)12-15(18)19/h14-17,23H,5-10,12-13H2,1-4H3/t14-,15+,16?,17+,19-,20+,21-/m0/s1. The van der Waals surface area contributed by atoms with Gasteiger partial charge in [-0.1, -0.05) is 27.2 Å². The van der Waals surface area contributed by atoms with E-state index in [1.807, 2.05) is 0 Å². The van der Waals surface area contributed by atoms with Crippen LogP contribution in [0.2, 0.25) is 0 Å². The summed E-state index contributed by atoms with van der Waals surface area (Å²) in [5, 5.41) is 20.8. The normalized spacial score (nSPS) is 51.5. The van der Waals surface area contributed by atoms with E-state index in [2.05, 4.69) is 26.8 Å². The molecule has 1 N–H and O–H groups in total. The minimum atomic E-state index is -1.02. The number of ether oxygens (including phenoxy) is 3. The number of rotatable bonds is 4. The summed E-state index contributed by atoms with van der Waals surface area (Å²) < 4.78 is 17.8. The van der Waals surface area contributed by atoms with Gasteiger partial charge in [0.25, 0.3) is 0 Å². The molecule has 0 radical (unpaired) electrons. The highest BCUT2D eigenvalue weighted by atomic mass is 16.7. The number of nitrogens with zero attached hydrogens (tertiary/aromatic N) is 1. The van der Waals surface area contributed by atoms with Gasteiger partial charge < -0.3 is 19.3 Å². The molecule has 1 aliphatic heterocycles. The summed E-state index contributed by atoms with van der Waals surface area (Å²) in [5.74, 6) is 0.716. The van der Waals surface area contributed by atoms with Crippen molar-refractivity contribution in [3.8, 4) is 6.07 Å². The maximum atomic E-state index is 11.5. The molecule has 5 nitrogen and oxygen atoms in total. The van der Waals surface area contributed by atoms with Crippen molar-refractivity contribution < 1.29 is 19.3 Å². The summed E-state index contributed by atoms with van der Waals surface area (Å²) in [6.45, 7) is 7.42. The molecular formula is C21H33NO4. The Morgan fingerprint density at radius 2 is 1.96 bits per heavy atom. The number of hydrogen-bond acceptors (Lipinski definition) is 5. The first-order valence-electron chi connectivity index (χ1n) is 10.1. The van der Waals surface area contributed by atoms with Crippen LogP contribution in [0.3, 0.4) is 0 Å². The smallest absolute Gasteiger partial charge is 0.146 e. The zero-order valence-electron chi connectivity index (χ0n) is 16.6. The maximum absolute atomic E-state index is 11.5. The van der Waals surface area contributed by atoms with Crippen molar-refractivity contribution in [2.75, 3.05) is 13.9 Å². The van der Waals surface area contributed by atoms with Crippen LogP contribution in [-0.2, 0) is 14.2 Å². The van der Waals surface area contributed by atoms with Crippen LogP contribution in [0.1, 0.15) is 65.7 Å². The number of methoxy groups -OCH3 is 1. The van der Waals surface area contributed by atoms with Crippen LogP contribution in [0.15, 0.2) is 0 Å². The molecule has 3 aliphatic carbocycles. The first-order valence-corrected chi connectivity index (χ1v) is 10.1. The van der Waals surface area contributed by atoms with Crippen molar-refractivity contribution in [2.24, 2.45) is 22.7 Å². The van der Waals surface area contributed by atoms with E-state index in [1.165, 1.54) is 0 Å². The van der Waals surface area contributed by atoms with Gasteiger partial charge in [0, 0.05) is 18.4 Å². The molecule has 4 aliphatic rings. The molecule has 1 spiro atoms. The van der Waals surface area contributed by atoms with E-state index in [0.29, 0.717) is 19.1 Å². The quantitative estimate of drug-likeness (QED) is 0.612. The van der Waals surface area contributed by atoms with Gasteiger partial charge in [0.2, 0.25) is 0 Å². The summed E-state index contributed by atoms with van der Waals surface area (Å²) in [6.07, 6.45) is 6.12. The molecule has 0 aromatic heterocycles. The predicted molar refractivity (Wildman–Crippen MR) is 96.1 cm³/mol. The van der Waals surface area contributed by atoms with Crippen molar-refractivity contribution in [2.45, 2.75) is 89.1 Å². The Labute approximate surface area is 157 Å². The van der Waals surface area contributed by atoms with Crippen LogP contribution < -0.4 is 0 Å². The van der Waals surface area contributed by atoms with Gasteiger partial charge in [-0.15, -0.1) is 0 Å². The Kier molecular flexibility index (Phi) is 4.25. The van der Waals surface area contributed by atoms with Crippen molar-refractivity contribution in [1.82, 2.24) is 0 Å². The summed E-state index contributed by atoms with van der Waals surface area (Å²) in [6, 6.07) is 2.23. The highest BCUT2D eigenvalue weighted by Crippen LogP contribution is 2.73. The second-order valence-corrected chi connectivity index (χ2v) is 9.95. The molecule has 7 atom stereocenters. The van der Waals surface area contributed by atoms with E-state index in [1.54, 1.807) is 7.11 Å². The summed E-state index contributed by atoms with van der Waals surface area (Å²) in [5.41, 5.74) is -1.41. The molecule has 1 heterocycles. The average molecular weight is 363 g/mol. The van der Waals surface area contributed by atoms with Gasteiger partial charge in [0.05, 0.1) is 24.7 Å². The van der Waals surface area contributed by atoms with Crippen LogP contribution in [-0.4, -0.2) is 42.4 Å². The lowest BCUT2D eigenvalue weighted by Crippen LogP contribution is -2.67. The number of epoxide rings is 1. The van der Waals surface area contributed by atoms with Gasteiger partial charge in [0.1, 0.15) is 18.0 Å². The fourth-order valence-electron chi connectivity index (χ4n) is 7.33. The third-order valence-electron chi connectivity index (χ3n) is 8.48. The molecule has 5 heteroatoms. The van der Waals surface area contributed by atoms with Crippen LogP contribution in [0.4, 0.5) is 0 Å². The van der Waals surface area contributed by atoms with Crippen LogP contribution in [0, 0.1) is 34.0 Å². The van der Waals surface area contributed by atoms with Crippen molar-refractivity contribution in [3.63, 3.8) is 0 Å². The van der Waals surface area contributed by atoms with Gasteiger partial charge in [-0.3, -0.25) is 0 Å². The SMILES string of the molecule is COCOC1CCC(C)(C)[C@H]2C[C@H]3O[C@@]34[C@@H](CCC[C@@]4(O)CC#N)[C@]12C. The first-order chi connectivity index (χ1) is 12.3.